The summed E-state index contributed by atoms with van der Waals surface area (Å²) in [6, 6.07) is 7.14. The van der Waals surface area contributed by atoms with Crippen molar-refractivity contribution in [3.8, 4) is 5.75 Å². The Balaban J connectivity index is 2.16. The van der Waals surface area contributed by atoms with Crippen LogP contribution in [0.15, 0.2) is 52.8 Å². The Morgan fingerprint density at radius 1 is 1.15 bits per heavy atom. The van der Waals surface area contributed by atoms with Crippen molar-refractivity contribution in [3.05, 3.63) is 69.8 Å². The van der Waals surface area contributed by atoms with E-state index in [-0.39, 0.29) is 34.9 Å². The molecular weight excluding hydrogens is 466 g/mol. The zero-order chi connectivity index (χ0) is 25.3. The van der Waals surface area contributed by atoms with Crippen LogP contribution in [0.1, 0.15) is 31.8 Å². The number of halogens is 1. The lowest BCUT2D eigenvalue weighted by Crippen LogP contribution is -2.22. The number of ether oxygens (including phenoxy) is 1. The van der Waals surface area contributed by atoms with Gasteiger partial charge in [0.15, 0.2) is 0 Å². The maximum absolute atomic E-state index is 12.3. The zero-order valence-electron chi connectivity index (χ0n) is 17.8. The van der Waals surface area contributed by atoms with Crippen molar-refractivity contribution in [3.63, 3.8) is 0 Å². The van der Waals surface area contributed by atoms with Crippen molar-refractivity contribution in [1.29, 1.82) is 10.9 Å². The summed E-state index contributed by atoms with van der Waals surface area (Å²) in [6.45, 7) is 1.79. The van der Waals surface area contributed by atoms with E-state index in [9.17, 15) is 19.5 Å². The quantitative estimate of drug-likeness (QED) is 0.180. The van der Waals surface area contributed by atoms with Gasteiger partial charge in [-0.15, -0.1) is 5.10 Å². The molecule has 2 rings (SSSR count). The summed E-state index contributed by atoms with van der Waals surface area (Å²) < 4.78 is 5.65. The Labute approximate surface area is 198 Å². The van der Waals surface area contributed by atoms with E-state index >= 15 is 0 Å². The molecule has 0 aliphatic rings. The third-order valence-corrected chi connectivity index (χ3v) is 4.80. The summed E-state index contributed by atoms with van der Waals surface area (Å²) in [6.07, 6.45) is 3.69. The van der Waals surface area contributed by atoms with Crippen LogP contribution in [-0.4, -0.2) is 46.6 Å². The van der Waals surface area contributed by atoms with Crippen LogP contribution in [0, 0.1) is 17.9 Å². The first kappa shape index (κ1) is 25.9. The van der Waals surface area contributed by atoms with Crippen LogP contribution < -0.4 is 10.1 Å². The third kappa shape index (κ3) is 7.07. The molecule has 0 fully saturated rings. The molecule has 1 amide bonds. The molecule has 0 aromatic heterocycles. The first-order valence-electron chi connectivity index (χ1n) is 9.62. The van der Waals surface area contributed by atoms with E-state index in [1.165, 1.54) is 30.3 Å². The van der Waals surface area contributed by atoms with Gasteiger partial charge in [-0.1, -0.05) is 16.8 Å². The maximum atomic E-state index is 12.3. The highest BCUT2D eigenvalue weighted by atomic mass is 35.5. The van der Waals surface area contributed by atoms with Crippen LogP contribution in [0.5, 0.6) is 5.75 Å². The standard InChI is InChI=1S/C22H20ClN5O6/c1-12-9-14(4-5-15(12)21(30)31)34-8-6-13-10-19(16(22(32)33)11-17(13)23)27-20(29)18(24)3-2-7-26-28-25/h2-5,7,9-11,24-25H,6,8H2,1H3,(H,27,29)(H,30,31)(H,32,33)/b3-2-,24-18?,26-7+,28-25?. The molecule has 0 radical (unpaired) electrons. The number of hydrogen-bond donors (Lipinski definition) is 5. The molecule has 0 heterocycles. The van der Waals surface area contributed by atoms with Gasteiger partial charge >= 0.3 is 11.9 Å². The van der Waals surface area contributed by atoms with Gasteiger partial charge in [-0.2, -0.15) is 5.53 Å². The number of amides is 1. The van der Waals surface area contributed by atoms with Gasteiger partial charge in [0.2, 0.25) is 0 Å². The van der Waals surface area contributed by atoms with Crippen LogP contribution in [-0.2, 0) is 11.2 Å². The number of nitrogens with one attached hydrogen (secondary N) is 3. The Kier molecular flexibility index (Phi) is 9.15. The number of hydrogen-bond acceptors (Lipinski definition) is 7. The molecule has 2 aromatic carbocycles. The second-order valence-corrected chi connectivity index (χ2v) is 7.17. The van der Waals surface area contributed by atoms with E-state index < -0.39 is 23.6 Å². The second kappa shape index (κ2) is 12.0. The number of aryl methyl sites for hydroxylation is 1. The lowest BCUT2D eigenvalue weighted by Gasteiger charge is -2.13. The molecule has 2 aromatic rings. The van der Waals surface area contributed by atoms with Crippen molar-refractivity contribution in [2.45, 2.75) is 13.3 Å². The average molecular weight is 486 g/mol. The minimum absolute atomic E-state index is 0.0495. The van der Waals surface area contributed by atoms with E-state index in [4.69, 9.17) is 32.4 Å². The summed E-state index contributed by atoms with van der Waals surface area (Å²) >= 11 is 6.22. The van der Waals surface area contributed by atoms with Crippen molar-refractivity contribution in [2.75, 3.05) is 11.9 Å². The third-order valence-electron chi connectivity index (χ3n) is 4.45. The van der Waals surface area contributed by atoms with E-state index in [1.807, 2.05) is 0 Å². The van der Waals surface area contributed by atoms with Gasteiger partial charge in [0.1, 0.15) is 11.5 Å². The van der Waals surface area contributed by atoms with Crippen molar-refractivity contribution < 1.29 is 29.3 Å². The second-order valence-electron chi connectivity index (χ2n) is 6.77. The number of benzene rings is 2. The molecule has 0 unspecified atom stereocenters. The summed E-state index contributed by atoms with van der Waals surface area (Å²) in [5.41, 5.74) is 6.93. The molecule has 176 valence electrons. The van der Waals surface area contributed by atoms with Gasteiger partial charge in [0.05, 0.1) is 29.6 Å². The van der Waals surface area contributed by atoms with Gasteiger partial charge in [-0.3, -0.25) is 10.2 Å². The predicted molar refractivity (Wildman–Crippen MR) is 125 cm³/mol. The number of carboxylic acids is 2. The SMILES string of the molecule is Cc1cc(OCCc2cc(NC(=O)C(=N)/C=C\C=N\N=N)c(C(=O)O)cc2Cl)ccc1C(=O)O. The predicted octanol–water partition coefficient (Wildman–Crippen LogP) is 4.20. The van der Waals surface area contributed by atoms with Crippen molar-refractivity contribution >= 4 is 47.1 Å². The fraction of sp³-hybridized carbons (Fsp3) is 0.136. The fourth-order valence-corrected chi connectivity index (χ4v) is 3.07. The lowest BCUT2D eigenvalue weighted by molar-refractivity contribution is -0.110. The monoisotopic (exact) mass is 485 g/mol. The largest absolute Gasteiger partial charge is 0.493 e. The molecule has 12 heteroatoms. The number of carbonyl (C=O) groups is 3. The highest BCUT2D eigenvalue weighted by molar-refractivity contribution is 6.46. The van der Waals surface area contributed by atoms with Crippen LogP contribution in [0.25, 0.3) is 0 Å². The highest BCUT2D eigenvalue weighted by Crippen LogP contribution is 2.27. The Hall–Kier alpha value is -4.38. The number of carboxylic acid groups (broad SMARTS) is 2. The number of rotatable bonds is 11. The van der Waals surface area contributed by atoms with Gasteiger partial charge in [0, 0.05) is 11.4 Å². The smallest absolute Gasteiger partial charge is 0.337 e. The summed E-state index contributed by atoms with van der Waals surface area (Å²) in [5, 5.41) is 34.8. The molecule has 34 heavy (non-hydrogen) atoms. The Morgan fingerprint density at radius 3 is 2.47 bits per heavy atom. The van der Waals surface area contributed by atoms with E-state index in [0.717, 1.165) is 12.3 Å². The molecule has 0 aliphatic heterocycles. The molecule has 0 aliphatic carbocycles. The topological polar surface area (TPSA) is 185 Å². The zero-order valence-corrected chi connectivity index (χ0v) is 18.6. The number of allylic oxidation sites excluding steroid dienone is 1. The average Bonchev–Trinajstić information content (AvgIpc) is 2.77. The molecular formula is C22H20ClN5O6. The summed E-state index contributed by atoms with van der Waals surface area (Å²) in [4.78, 5) is 35.0. The maximum Gasteiger partial charge on any atom is 0.337 e. The minimum atomic E-state index is -1.32. The normalized spacial score (nSPS) is 10.9. The number of anilines is 1. The first-order valence-corrected chi connectivity index (χ1v) is 10.0. The molecule has 0 spiro atoms. The van der Waals surface area contributed by atoms with Crippen LogP contribution >= 0.6 is 11.6 Å². The molecule has 0 atom stereocenters. The number of nitrogens with zero attached hydrogens (tertiary/aromatic N) is 2. The number of carbonyl (C=O) groups excluding carboxylic acids is 1. The van der Waals surface area contributed by atoms with E-state index in [1.54, 1.807) is 13.0 Å². The van der Waals surface area contributed by atoms with Gasteiger partial charge in [-0.05, 0) is 60.5 Å². The van der Waals surface area contributed by atoms with Gasteiger partial charge in [0.25, 0.3) is 5.91 Å². The van der Waals surface area contributed by atoms with Crippen LogP contribution in [0.2, 0.25) is 5.02 Å². The highest BCUT2D eigenvalue weighted by Gasteiger charge is 2.18. The molecule has 0 bridgehead atoms. The summed E-state index contributed by atoms with van der Waals surface area (Å²) in [7, 11) is 0. The van der Waals surface area contributed by atoms with Crippen LogP contribution in [0.3, 0.4) is 0 Å². The van der Waals surface area contributed by atoms with Gasteiger partial charge < -0.3 is 20.3 Å². The summed E-state index contributed by atoms with van der Waals surface area (Å²) in [5.74, 6) is -2.77. The van der Waals surface area contributed by atoms with E-state index in [2.05, 4.69) is 15.6 Å². The minimum Gasteiger partial charge on any atom is -0.493 e. The van der Waals surface area contributed by atoms with Crippen molar-refractivity contribution in [2.24, 2.45) is 10.3 Å². The molecule has 5 N–H and O–H groups in total. The lowest BCUT2D eigenvalue weighted by atomic mass is 10.1. The Bertz CT molecular complexity index is 1210. The van der Waals surface area contributed by atoms with E-state index in [0.29, 0.717) is 16.9 Å². The molecule has 0 saturated carbocycles. The number of aromatic carboxylic acids is 2. The fourth-order valence-electron chi connectivity index (χ4n) is 2.81. The Morgan fingerprint density at radius 2 is 1.85 bits per heavy atom. The van der Waals surface area contributed by atoms with Crippen LogP contribution in [0.4, 0.5) is 5.69 Å². The van der Waals surface area contributed by atoms with Gasteiger partial charge in [-0.25, -0.2) is 9.59 Å². The molecule has 0 saturated heterocycles. The molecule has 11 nitrogen and oxygen atoms in total. The first-order chi connectivity index (χ1) is 16.1. The van der Waals surface area contributed by atoms with Crippen molar-refractivity contribution in [1.82, 2.24) is 0 Å².